The monoisotopic (exact) mass is 403 g/mol. The number of hydrogen-bond acceptors (Lipinski definition) is 2. The van der Waals surface area contributed by atoms with Crippen LogP contribution in [0.1, 0.15) is 21.6 Å². The van der Waals surface area contributed by atoms with Crippen molar-refractivity contribution in [3.63, 3.8) is 0 Å². The Bertz CT molecular complexity index is 874. The molecule has 0 aliphatic carbocycles. The lowest BCUT2D eigenvalue weighted by atomic mass is 10.2. The van der Waals surface area contributed by atoms with Crippen LogP contribution in [0, 0.1) is 6.92 Å². The van der Waals surface area contributed by atoms with Crippen LogP contribution in [0.4, 0.5) is 0 Å². The van der Waals surface area contributed by atoms with Crippen molar-refractivity contribution in [1.82, 2.24) is 15.1 Å². The van der Waals surface area contributed by atoms with E-state index in [4.69, 9.17) is 11.6 Å². The van der Waals surface area contributed by atoms with Crippen LogP contribution < -0.4 is 5.32 Å². The first kappa shape index (κ1) is 16.7. The molecule has 0 saturated heterocycles. The molecule has 0 atom stereocenters. The van der Waals surface area contributed by atoms with Gasteiger partial charge in [0.2, 0.25) is 0 Å². The minimum absolute atomic E-state index is 0.157. The van der Waals surface area contributed by atoms with Gasteiger partial charge in [0.15, 0.2) is 0 Å². The molecular formula is C18H15BrClN3O. The van der Waals surface area contributed by atoms with E-state index in [9.17, 15) is 4.79 Å². The zero-order valence-corrected chi connectivity index (χ0v) is 15.3. The van der Waals surface area contributed by atoms with Crippen LogP contribution in [-0.4, -0.2) is 15.7 Å². The fourth-order valence-electron chi connectivity index (χ4n) is 2.40. The predicted molar refractivity (Wildman–Crippen MR) is 98.6 cm³/mol. The molecule has 1 aromatic heterocycles. The molecule has 3 rings (SSSR count). The molecular weight excluding hydrogens is 390 g/mol. The van der Waals surface area contributed by atoms with Gasteiger partial charge in [0.05, 0.1) is 23.1 Å². The Hall–Kier alpha value is -2.11. The molecule has 6 heteroatoms. The number of hydrogen-bond donors (Lipinski definition) is 1. The van der Waals surface area contributed by atoms with Gasteiger partial charge in [-0.15, -0.1) is 0 Å². The molecule has 0 unspecified atom stereocenters. The van der Waals surface area contributed by atoms with Gasteiger partial charge in [-0.1, -0.05) is 39.7 Å². The van der Waals surface area contributed by atoms with E-state index in [0.717, 1.165) is 21.4 Å². The standard InChI is InChI=1S/C18H15BrClN3O/c1-12-17(11-22-23(12)16-7-5-14(19)6-8-16)18(24)21-10-13-3-2-4-15(20)9-13/h2-9,11H,10H2,1H3,(H,21,24). The van der Waals surface area contributed by atoms with Crippen LogP contribution in [0.25, 0.3) is 5.69 Å². The minimum atomic E-state index is -0.157. The van der Waals surface area contributed by atoms with Gasteiger partial charge in [0.1, 0.15) is 0 Å². The molecule has 1 N–H and O–H groups in total. The van der Waals surface area contributed by atoms with Crippen LogP contribution in [-0.2, 0) is 6.54 Å². The highest BCUT2D eigenvalue weighted by Gasteiger charge is 2.15. The molecule has 0 aliphatic rings. The van der Waals surface area contributed by atoms with Crippen LogP contribution in [0.15, 0.2) is 59.2 Å². The number of nitrogens with one attached hydrogen (secondary N) is 1. The number of rotatable bonds is 4. The first-order chi connectivity index (χ1) is 11.5. The predicted octanol–water partition coefficient (Wildman–Crippen LogP) is 4.53. The van der Waals surface area contributed by atoms with Gasteiger partial charge < -0.3 is 5.32 Å². The van der Waals surface area contributed by atoms with Crippen molar-refractivity contribution >= 4 is 33.4 Å². The highest BCUT2D eigenvalue weighted by molar-refractivity contribution is 9.10. The van der Waals surface area contributed by atoms with Gasteiger partial charge in [-0.05, 0) is 48.9 Å². The lowest BCUT2D eigenvalue weighted by Gasteiger charge is -2.07. The van der Waals surface area contributed by atoms with Gasteiger partial charge in [0, 0.05) is 16.0 Å². The smallest absolute Gasteiger partial charge is 0.255 e. The van der Waals surface area contributed by atoms with E-state index >= 15 is 0 Å². The quantitative estimate of drug-likeness (QED) is 0.694. The van der Waals surface area contributed by atoms with E-state index in [2.05, 4.69) is 26.3 Å². The van der Waals surface area contributed by atoms with E-state index in [-0.39, 0.29) is 5.91 Å². The molecule has 3 aromatic rings. The highest BCUT2D eigenvalue weighted by atomic mass is 79.9. The third kappa shape index (κ3) is 3.68. The molecule has 2 aromatic carbocycles. The van der Waals surface area contributed by atoms with Crippen molar-refractivity contribution in [2.75, 3.05) is 0 Å². The van der Waals surface area contributed by atoms with Crippen molar-refractivity contribution in [2.24, 2.45) is 0 Å². The molecule has 24 heavy (non-hydrogen) atoms. The van der Waals surface area contributed by atoms with E-state index in [1.165, 1.54) is 0 Å². The van der Waals surface area contributed by atoms with Gasteiger partial charge >= 0.3 is 0 Å². The van der Waals surface area contributed by atoms with Gasteiger partial charge in [-0.2, -0.15) is 5.10 Å². The average molecular weight is 405 g/mol. The molecule has 0 spiro atoms. The number of carbonyl (C=O) groups is 1. The van der Waals surface area contributed by atoms with Crippen molar-refractivity contribution in [1.29, 1.82) is 0 Å². The maximum atomic E-state index is 12.4. The summed E-state index contributed by atoms with van der Waals surface area (Å²) in [6, 6.07) is 15.2. The molecule has 1 heterocycles. The topological polar surface area (TPSA) is 46.9 Å². The minimum Gasteiger partial charge on any atom is -0.348 e. The lowest BCUT2D eigenvalue weighted by Crippen LogP contribution is -2.23. The van der Waals surface area contributed by atoms with Crippen molar-refractivity contribution < 1.29 is 4.79 Å². The molecule has 0 saturated carbocycles. The Labute approximate surface area is 153 Å². The van der Waals surface area contributed by atoms with E-state index in [1.54, 1.807) is 16.9 Å². The third-order valence-electron chi connectivity index (χ3n) is 3.67. The summed E-state index contributed by atoms with van der Waals surface area (Å²) in [6.07, 6.45) is 1.59. The van der Waals surface area contributed by atoms with Crippen LogP contribution in [0.3, 0.4) is 0 Å². The number of amides is 1. The summed E-state index contributed by atoms with van der Waals surface area (Å²) in [5.74, 6) is -0.157. The van der Waals surface area contributed by atoms with Gasteiger partial charge in [-0.25, -0.2) is 4.68 Å². The molecule has 0 radical (unpaired) electrons. The van der Waals surface area contributed by atoms with Crippen molar-refractivity contribution in [3.05, 3.63) is 81.0 Å². The Morgan fingerprint density at radius 2 is 2.00 bits per heavy atom. The summed E-state index contributed by atoms with van der Waals surface area (Å²) < 4.78 is 2.75. The molecule has 0 fully saturated rings. The normalized spacial score (nSPS) is 10.6. The Morgan fingerprint density at radius 3 is 2.71 bits per heavy atom. The van der Waals surface area contributed by atoms with E-state index in [1.807, 2.05) is 49.4 Å². The van der Waals surface area contributed by atoms with Gasteiger partial charge in [0.25, 0.3) is 5.91 Å². The zero-order valence-electron chi connectivity index (χ0n) is 13.0. The first-order valence-electron chi connectivity index (χ1n) is 7.38. The number of nitrogens with zero attached hydrogens (tertiary/aromatic N) is 2. The Balaban J connectivity index is 1.75. The summed E-state index contributed by atoms with van der Waals surface area (Å²) in [7, 11) is 0. The number of carbonyl (C=O) groups excluding carboxylic acids is 1. The lowest BCUT2D eigenvalue weighted by molar-refractivity contribution is 0.0950. The van der Waals surface area contributed by atoms with Gasteiger partial charge in [-0.3, -0.25) is 4.79 Å². The van der Waals surface area contributed by atoms with Crippen molar-refractivity contribution in [3.8, 4) is 5.69 Å². The van der Waals surface area contributed by atoms with Crippen LogP contribution in [0.5, 0.6) is 0 Å². The second kappa shape index (κ2) is 7.20. The second-order valence-electron chi connectivity index (χ2n) is 5.34. The summed E-state index contributed by atoms with van der Waals surface area (Å²) >= 11 is 9.36. The summed E-state index contributed by atoms with van der Waals surface area (Å²) in [5.41, 5.74) is 3.21. The summed E-state index contributed by atoms with van der Waals surface area (Å²) in [6.45, 7) is 2.30. The summed E-state index contributed by atoms with van der Waals surface area (Å²) in [5, 5.41) is 7.88. The van der Waals surface area contributed by atoms with Crippen LogP contribution in [0.2, 0.25) is 5.02 Å². The average Bonchev–Trinajstić information content (AvgIpc) is 2.95. The second-order valence-corrected chi connectivity index (χ2v) is 6.70. The van der Waals surface area contributed by atoms with E-state index < -0.39 is 0 Å². The fourth-order valence-corrected chi connectivity index (χ4v) is 2.88. The zero-order chi connectivity index (χ0) is 17.1. The highest BCUT2D eigenvalue weighted by Crippen LogP contribution is 2.17. The molecule has 4 nitrogen and oxygen atoms in total. The fraction of sp³-hybridized carbons (Fsp3) is 0.111. The SMILES string of the molecule is Cc1c(C(=O)NCc2cccc(Cl)c2)cnn1-c1ccc(Br)cc1. The molecule has 1 amide bonds. The Morgan fingerprint density at radius 1 is 1.25 bits per heavy atom. The van der Waals surface area contributed by atoms with Crippen LogP contribution >= 0.6 is 27.5 Å². The molecule has 122 valence electrons. The molecule has 0 bridgehead atoms. The number of benzene rings is 2. The third-order valence-corrected chi connectivity index (χ3v) is 4.43. The maximum absolute atomic E-state index is 12.4. The molecule has 0 aliphatic heterocycles. The number of aromatic nitrogens is 2. The first-order valence-corrected chi connectivity index (χ1v) is 8.55. The number of halogens is 2. The summed E-state index contributed by atoms with van der Waals surface area (Å²) in [4.78, 5) is 12.4. The van der Waals surface area contributed by atoms with E-state index in [0.29, 0.717) is 17.1 Å². The maximum Gasteiger partial charge on any atom is 0.255 e. The largest absolute Gasteiger partial charge is 0.348 e. The Kier molecular flexibility index (Phi) is 5.02. The van der Waals surface area contributed by atoms with Crippen molar-refractivity contribution in [2.45, 2.75) is 13.5 Å².